The van der Waals surface area contributed by atoms with Crippen molar-refractivity contribution < 1.29 is 26.1 Å². The average molecular weight is 453 g/mol. The van der Waals surface area contributed by atoms with Crippen LogP contribution in [0.15, 0.2) is 58.3 Å². The first-order chi connectivity index (χ1) is 14.1. The van der Waals surface area contributed by atoms with E-state index in [-0.39, 0.29) is 27.7 Å². The molecule has 4 rings (SSSR count). The van der Waals surface area contributed by atoms with Gasteiger partial charge in [0.05, 0.1) is 38.4 Å². The summed E-state index contributed by atoms with van der Waals surface area (Å²) >= 11 is -3.20. The smallest absolute Gasteiger partial charge is 0.578 e. The van der Waals surface area contributed by atoms with Gasteiger partial charge in [0.1, 0.15) is 5.69 Å². The van der Waals surface area contributed by atoms with E-state index in [0.717, 1.165) is 12.1 Å². The second kappa shape index (κ2) is 7.25. The molecule has 2 heterocycles. The first-order valence-electron chi connectivity index (χ1n) is 8.71. The zero-order valence-electron chi connectivity index (χ0n) is 15.4. The van der Waals surface area contributed by atoms with Crippen molar-refractivity contribution in [3.05, 3.63) is 48.5 Å². The van der Waals surface area contributed by atoms with Crippen LogP contribution in [0.1, 0.15) is 6.92 Å². The maximum Gasteiger partial charge on any atom is 0.578 e. The lowest BCUT2D eigenvalue weighted by Crippen LogP contribution is -2.23. The van der Waals surface area contributed by atoms with Gasteiger partial charge in [0.25, 0.3) is 0 Å². The Labute approximate surface area is 172 Å². The minimum atomic E-state index is -4.89. The summed E-state index contributed by atoms with van der Waals surface area (Å²) in [4.78, 5) is 11.1. The number of hydrogen-bond donors (Lipinski definition) is 1. The lowest BCUT2D eigenvalue weighted by atomic mass is 10.2. The number of sulfone groups is 1. The maximum atomic E-state index is 12.8. The van der Waals surface area contributed by atoms with Crippen molar-refractivity contribution in [1.82, 2.24) is 15.0 Å². The Morgan fingerprint density at radius 2 is 1.80 bits per heavy atom. The lowest BCUT2D eigenvalue weighted by Gasteiger charge is -2.11. The fraction of sp³-hybridized carbons (Fsp3) is 0.158. The fourth-order valence-corrected chi connectivity index (χ4v) is 4.74. The van der Waals surface area contributed by atoms with Gasteiger partial charge in [-0.05, 0) is 24.3 Å². The zero-order valence-corrected chi connectivity index (χ0v) is 17.0. The molecule has 6 nitrogen and oxygen atoms in total. The number of rotatable bonds is 4. The highest BCUT2D eigenvalue weighted by atomic mass is 32.2. The molecule has 0 aliphatic heterocycles. The predicted molar refractivity (Wildman–Crippen MR) is 107 cm³/mol. The normalized spacial score (nSPS) is 13.8. The van der Waals surface area contributed by atoms with Gasteiger partial charge < -0.3 is 9.54 Å². The van der Waals surface area contributed by atoms with Crippen molar-refractivity contribution in [1.29, 1.82) is 0 Å². The molecule has 0 aliphatic rings. The van der Waals surface area contributed by atoms with Gasteiger partial charge in [-0.2, -0.15) is 0 Å². The highest BCUT2D eigenvalue weighted by Gasteiger charge is 2.46. The van der Waals surface area contributed by atoms with Crippen molar-refractivity contribution in [2.75, 3.05) is 5.75 Å². The van der Waals surface area contributed by atoms with Gasteiger partial charge in [-0.3, -0.25) is 0 Å². The third-order valence-electron chi connectivity index (χ3n) is 4.51. The second-order valence-corrected chi connectivity index (χ2v) is 10.1. The first kappa shape index (κ1) is 20.6. The minimum absolute atomic E-state index is 0.0261. The predicted octanol–water partition coefficient (Wildman–Crippen LogP) is 4.20. The van der Waals surface area contributed by atoms with Crippen molar-refractivity contribution in [3.63, 3.8) is 0 Å². The minimum Gasteiger partial charge on any atom is -0.604 e. The molecule has 2 aromatic carbocycles. The van der Waals surface area contributed by atoms with Crippen LogP contribution in [0.5, 0.6) is 0 Å². The molecule has 30 heavy (non-hydrogen) atoms. The summed E-state index contributed by atoms with van der Waals surface area (Å²) in [6.45, 7) is 1.51. The van der Waals surface area contributed by atoms with E-state index >= 15 is 0 Å². The van der Waals surface area contributed by atoms with Crippen LogP contribution in [0.4, 0.5) is 13.2 Å². The van der Waals surface area contributed by atoms with Crippen LogP contribution in [0.3, 0.4) is 0 Å². The van der Waals surface area contributed by atoms with Gasteiger partial charge in [0.15, 0.2) is 20.6 Å². The molecule has 0 radical (unpaired) electrons. The Bertz CT molecular complexity index is 1370. The number of pyridine rings is 1. The van der Waals surface area contributed by atoms with E-state index in [0.29, 0.717) is 16.4 Å². The second-order valence-electron chi connectivity index (χ2n) is 6.41. The SMILES string of the molecule is CCS(=O)(=O)c1cc2ccccc2nc1-c1nc2cc([S+]([O-])C(F)(F)F)ccc2[nH]1. The quantitative estimate of drug-likeness (QED) is 0.467. The molecule has 0 saturated heterocycles. The maximum absolute atomic E-state index is 12.8. The number of benzene rings is 2. The number of aromatic amines is 1. The number of fused-ring (bicyclic) bond motifs is 2. The highest BCUT2D eigenvalue weighted by Crippen LogP contribution is 2.33. The number of hydrogen-bond acceptors (Lipinski definition) is 5. The van der Waals surface area contributed by atoms with E-state index in [4.69, 9.17) is 0 Å². The Morgan fingerprint density at radius 1 is 1.07 bits per heavy atom. The molecule has 1 atom stereocenters. The van der Waals surface area contributed by atoms with Crippen molar-refractivity contribution in [2.45, 2.75) is 22.2 Å². The highest BCUT2D eigenvalue weighted by molar-refractivity contribution is 7.92. The fourth-order valence-electron chi connectivity index (χ4n) is 3.01. The van der Waals surface area contributed by atoms with Crippen LogP contribution in [-0.4, -0.2) is 39.2 Å². The first-order valence-corrected chi connectivity index (χ1v) is 11.5. The molecule has 0 spiro atoms. The van der Waals surface area contributed by atoms with Crippen LogP contribution >= 0.6 is 0 Å². The number of para-hydroxylation sites is 1. The number of imidazole rings is 1. The van der Waals surface area contributed by atoms with Gasteiger partial charge in [-0.25, -0.2) is 18.4 Å². The van der Waals surface area contributed by atoms with Gasteiger partial charge in [-0.15, -0.1) is 13.2 Å². The molecule has 11 heteroatoms. The molecule has 4 aromatic rings. The topological polar surface area (TPSA) is 98.8 Å². The summed E-state index contributed by atoms with van der Waals surface area (Å²) in [5, 5.41) is 0.632. The van der Waals surface area contributed by atoms with Gasteiger partial charge in [0, 0.05) is 11.5 Å². The van der Waals surface area contributed by atoms with Crippen molar-refractivity contribution >= 4 is 42.9 Å². The third kappa shape index (κ3) is 3.64. The van der Waals surface area contributed by atoms with E-state index in [9.17, 15) is 26.1 Å². The molecular weight excluding hydrogens is 439 g/mol. The number of aromatic nitrogens is 3. The van der Waals surface area contributed by atoms with Crippen LogP contribution < -0.4 is 0 Å². The van der Waals surface area contributed by atoms with Crippen LogP contribution in [0.25, 0.3) is 33.5 Å². The van der Waals surface area contributed by atoms with Crippen LogP contribution in [0, 0.1) is 0 Å². The average Bonchev–Trinajstić information content (AvgIpc) is 3.14. The van der Waals surface area contributed by atoms with Crippen molar-refractivity contribution in [2.24, 2.45) is 0 Å². The molecule has 156 valence electrons. The molecule has 0 aliphatic carbocycles. The molecule has 1 unspecified atom stereocenters. The Balaban J connectivity index is 1.92. The Morgan fingerprint density at radius 3 is 2.50 bits per heavy atom. The van der Waals surface area contributed by atoms with E-state index in [1.165, 1.54) is 19.1 Å². The summed E-state index contributed by atoms with van der Waals surface area (Å²) in [5.41, 5.74) is -3.79. The molecule has 0 bridgehead atoms. The van der Waals surface area contributed by atoms with Gasteiger partial charge >= 0.3 is 5.51 Å². The van der Waals surface area contributed by atoms with E-state index in [2.05, 4.69) is 15.0 Å². The molecule has 0 saturated carbocycles. The van der Waals surface area contributed by atoms with Crippen LogP contribution in [-0.2, 0) is 21.0 Å². The Kier molecular flexibility index (Phi) is 4.99. The lowest BCUT2D eigenvalue weighted by molar-refractivity contribution is -0.0435. The van der Waals surface area contributed by atoms with E-state index in [1.54, 1.807) is 24.3 Å². The number of nitrogens with one attached hydrogen (secondary N) is 1. The number of H-pyrrole nitrogens is 1. The Hall–Kier alpha value is -2.63. The van der Waals surface area contributed by atoms with E-state index in [1.807, 2.05) is 0 Å². The number of nitrogens with zero attached hydrogens (tertiary/aromatic N) is 2. The van der Waals surface area contributed by atoms with Gasteiger partial charge in [0.2, 0.25) is 0 Å². The summed E-state index contributed by atoms with van der Waals surface area (Å²) in [6, 6.07) is 11.9. The molecule has 2 aromatic heterocycles. The van der Waals surface area contributed by atoms with E-state index < -0.39 is 31.4 Å². The summed E-state index contributed by atoms with van der Waals surface area (Å²) in [7, 11) is -3.67. The number of alkyl halides is 3. The molecule has 0 amide bonds. The summed E-state index contributed by atoms with van der Waals surface area (Å²) in [6.07, 6.45) is 0. The summed E-state index contributed by atoms with van der Waals surface area (Å²) < 4.78 is 75.3. The largest absolute Gasteiger partial charge is 0.604 e. The zero-order chi connectivity index (χ0) is 21.7. The van der Waals surface area contributed by atoms with Crippen LogP contribution in [0.2, 0.25) is 0 Å². The molecule has 0 fully saturated rings. The molecular formula is C19H14F3N3O3S2. The summed E-state index contributed by atoms with van der Waals surface area (Å²) in [5.74, 6) is -0.0627. The van der Waals surface area contributed by atoms with Crippen molar-refractivity contribution in [3.8, 4) is 11.5 Å². The monoisotopic (exact) mass is 453 g/mol. The van der Waals surface area contributed by atoms with Gasteiger partial charge in [-0.1, -0.05) is 25.1 Å². The standard InChI is InChI=1S/C19H14F3N3O3S2/c1-2-30(27,28)16-9-11-5-3-4-6-13(11)23-17(16)18-24-14-8-7-12(10-15(14)25-18)29(26)19(20,21)22/h3-10H,2H2,1H3,(H,24,25). The molecule has 1 N–H and O–H groups in total. The number of halogens is 3. The third-order valence-corrected chi connectivity index (χ3v) is 7.35.